The van der Waals surface area contributed by atoms with Gasteiger partial charge in [0, 0.05) is 18.1 Å². The molecule has 0 aromatic heterocycles. The molecule has 23 heavy (non-hydrogen) atoms. The van der Waals surface area contributed by atoms with Crippen LogP contribution < -0.4 is 0 Å². The summed E-state index contributed by atoms with van der Waals surface area (Å²) in [5, 5.41) is -0.221. The minimum atomic E-state index is -3.20. The average Bonchev–Trinajstić information content (AvgIpc) is 2.56. The standard InChI is InChI=1S/C19H29NO2S/c1-3-8-16-9-7-10-17-14-19(13-15(2)20(16)17)23(21,22)18-11-5-4-6-12-18/h4-6,11-12,15-17,19H,3,7-10,13-14H2,1-2H3/t15-,16-,17+,19+/m0/s1. The van der Waals surface area contributed by atoms with Crippen molar-refractivity contribution in [2.75, 3.05) is 0 Å². The van der Waals surface area contributed by atoms with Gasteiger partial charge in [0.15, 0.2) is 9.84 Å². The highest BCUT2D eigenvalue weighted by Crippen LogP contribution is 2.38. The molecule has 0 saturated carbocycles. The lowest BCUT2D eigenvalue weighted by molar-refractivity contribution is 0.00897. The van der Waals surface area contributed by atoms with Crippen LogP contribution >= 0.6 is 0 Å². The van der Waals surface area contributed by atoms with E-state index >= 15 is 0 Å². The van der Waals surface area contributed by atoms with Crippen molar-refractivity contribution in [3.63, 3.8) is 0 Å². The van der Waals surface area contributed by atoms with Crippen molar-refractivity contribution in [2.45, 2.75) is 87.1 Å². The molecule has 1 aromatic carbocycles. The summed E-state index contributed by atoms with van der Waals surface area (Å²) < 4.78 is 26.0. The summed E-state index contributed by atoms with van der Waals surface area (Å²) in [6.07, 6.45) is 7.73. The predicted molar refractivity (Wildman–Crippen MR) is 94.3 cm³/mol. The second kappa shape index (κ2) is 6.94. The zero-order valence-corrected chi connectivity index (χ0v) is 15.1. The van der Waals surface area contributed by atoms with Crippen LogP contribution in [0.2, 0.25) is 0 Å². The van der Waals surface area contributed by atoms with Gasteiger partial charge in [-0.15, -0.1) is 0 Å². The van der Waals surface area contributed by atoms with Crippen molar-refractivity contribution < 1.29 is 8.42 Å². The van der Waals surface area contributed by atoms with Crippen LogP contribution in [-0.2, 0) is 9.84 Å². The highest BCUT2D eigenvalue weighted by Gasteiger charge is 2.43. The third-order valence-electron chi connectivity index (χ3n) is 5.70. The number of nitrogens with zero attached hydrogens (tertiary/aromatic N) is 1. The first-order valence-corrected chi connectivity index (χ1v) is 10.6. The third kappa shape index (κ3) is 3.34. The van der Waals surface area contributed by atoms with Crippen molar-refractivity contribution in [1.82, 2.24) is 4.90 Å². The molecule has 0 amide bonds. The first kappa shape index (κ1) is 17.0. The number of hydrogen-bond donors (Lipinski definition) is 0. The highest BCUT2D eigenvalue weighted by molar-refractivity contribution is 7.92. The molecule has 2 fully saturated rings. The maximum Gasteiger partial charge on any atom is 0.181 e. The number of benzene rings is 1. The first-order chi connectivity index (χ1) is 11.0. The van der Waals surface area contributed by atoms with Crippen LogP contribution in [0.4, 0.5) is 0 Å². The Morgan fingerprint density at radius 3 is 2.57 bits per heavy atom. The minimum Gasteiger partial charge on any atom is -0.295 e. The number of fused-ring (bicyclic) bond motifs is 1. The van der Waals surface area contributed by atoms with E-state index in [2.05, 4.69) is 18.7 Å². The lowest BCUT2D eigenvalue weighted by Crippen LogP contribution is -2.57. The summed E-state index contributed by atoms with van der Waals surface area (Å²) in [7, 11) is -3.20. The molecule has 2 heterocycles. The molecular formula is C19H29NO2S. The molecule has 3 rings (SSSR count). The van der Waals surface area contributed by atoms with E-state index in [0.717, 1.165) is 19.3 Å². The average molecular weight is 336 g/mol. The molecule has 4 atom stereocenters. The Balaban J connectivity index is 1.81. The number of piperidine rings is 2. The summed E-state index contributed by atoms with van der Waals surface area (Å²) in [6, 6.07) is 10.5. The van der Waals surface area contributed by atoms with Gasteiger partial charge >= 0.3 is 0 Å². The Bertz CT molecular complexity index is 612. The second-order valence-corrected chi connectivity index (χ2v) is 9.50. The zero-order valence-electron chi connectivity index (χ0n) is 14.3. The number of rotatable bonds is 4. The molecule has 0 radical (unpaired) electrons. The van der Waals surface area contributed by atoms with E-state index in [1.54, 1.807) is 12.1 Å². The SMILES string of the molecule is CCC[C@H]1CCC[C@@H]2C[C@H](S(=O)(=O)c3ccccc3)C[C@H](C)N12. The van der Waals surface area contributed by atoms with Crippen molar-refractivity contribution in [3.8, 4) is 0 Å². The van der Waals surface area contributed by atoms with Crippen LogP contribution in [0.25, 0.3) is 0 Å². The largest absolute Gasteiger partial charge is 0.295 e. The Morgan fingerprint density at radius 1 is 1.13 bits per heavy atom. The van der Waals surface area contributed by atoms with Gasteiger partial charge in [-0.2, -0.15) is 0 Å². The molecule has 2 aliphatic rings. The Morgan fingerprint density at radius 2 is 1.87 bits per heavy atom. The molecule has 128 valence electrons. The smallest absolute Gasteiger partial charge is 0.181 e. The first-order valence-electron chi connectivity index (χ1n) is 9.10. The van der Waals surface area contributed by atoms with E-state index in [4.69, 9.17) is 0 Å². The van der Waals surface area contributed by atoms with E-state index in [1.807, 2.05) is 18.2 Å². The van der Waals surface area contributed by atoms with Crippen molar-refractivity contribution >= 4 is 9.84 Å². The van der Waals surface area contributed by atoms with E-state index in [1.165, 1.54) is 25.7 Å². The Kier molecular flexibility index (Phi) is 5.12. The van der Waals surface area contributed by atoms with Crippen molar-refractivity contribution in [2.24, 2.45) is 0 Å². The van der Waals surface area contributed by atoms with Gasteiger partial charge in [-0.05, 0) is 51.2 Å². The Labute approximate surface area is 141 Å². The monoisotopic (exact) mass is 335 g/mol. The number of hydrogen-bond acceptors (Lipinski definition) is 3. The number of sulfone groups is 1. The van der Waals surface area contributed by atoms with Crippen LogP contribution in [0.1, 0.15) is 58.8 Å². The van der Waals surface area contributed by atoms with Gasteiger partial charge in [0.1, 0.15) is 0 Å². The van der Waals surface area contributed by atoms with Crippen LogP contribution in [0, 0.1) is 0 Å². The predicted octanol–water partition coefficient (Wildman–Crippen LogP) is 4.03. The third-order valence-corrected chi connectivity index (χ3v) is 7.89. The Hall–Kier alpha value is -0.870. The molecular weight excluding hydrogens is 306 g/mol. The molecule has 2 aliphatic heterocycles. The molecule has 2 saturated heterocycles. The molecule has 0 bridgehead atoms. The van der Waals surface area contributed by atoms with Crippen LogP contribution in [0.15, 0.2) is 35.2 Å². The van der Waals surface area contributed by atoms with E-state index in [9.17, 15) is 8.42 Å². The van der Waals surface area contributed by atoms with Gasteiger partial charge in [0.2, 0.25) is 0 Å². The topological polar surface area (TPSA) is 37.4 Å². The zero-order chi connectivity index (χ0) is 16.4. The van der Waals surface area contributed by atoms with E-state index in [-0.39, 0.29) is 5.25 Å². The lowest BCUT2D eigenvalue weighted by Gasteiger charge is -2.51. The maximum atomic E-state index is 13.0. The molecule has 1 aromatic rings. The summed E-state index contributed by atoms with van der Waals surface area (Å²) in [6.45, 7) is 4.48. The van der Waals surface area contributed by atoms with Gasteiger partial charge < -0.3 is 0 Å². The molecule has 0 aliphatic carbocycles. The summed E-state index contributed by atoms with van der Waals surface area (Å²) in [4.78, 5) is 3.15. The van der Waals surface area contributed by atoms with E-state index in [0.29, 0.717) is 23.0 Å². The van der Waals surface area contributed by atoms with Crippen LogP contribution in [-0.4, -0.2) is 36.7 Å². The van der Waals surface area contributed by atoms with Crippen LogP contribution in [0.5, 0.6) is 0 Å². The quantitative estimate of drug-likeness (QED) is 0.833. The summed E-state index contributed by atoms with van der Waals surface area (Å²) in [5.41, 5.74) is 0. The fraction of sp³-hybridized carbons (Fsp3) is 0.684. The molecule has 3 nitrogen and oxygen atoms in total. The van der Waals surface area contributed by atoms with Gasteiger partial charge in [-0.25, -0.2) is 8.42 Å². The molecule has 0 unspecified atom stereocenters. The second-order valence-electron chi connectivity index (χ2n) is 7.27. The lowest BCUT2D eigenvalue weighted by atomic mass is 9.84. The minimum absolute atomic E-state index is 0.221. The van der Waals surface area contributed by atoms with Gasteiger partial charge in [0.05, 0.1) is 10.1 Å². The van der Waals surface area contributed by atoms with Crippen molar-refractivity contribution in [3.05, 3.63) is 30.3 Å². The molecule has 0 spiro atoms. The summed E-state index contributed by atoms with van der Waals surface area (Å²) in [5.74, 6) is 0. The molecule has 4 heteroatoms. The fourth-order valence-corrected chi connectivity index (χ4v) is 6.66. The van der Waals surface area contributed by atoms with Crippen molar-refractivity contribution in [1.29, 1.82) is 0 Å². The maximum absolute atomic E-state index is 13.0. The van der Waals surface area contributed by atoms with E-state index < -0.39 is 9.84 Å². The van der Waals surface area contributed by atoms with Crippen LogP contribution in [0.3, 0.4) is 0 Å². The highest BCUT2D eigenvalue weighted by atomic mass is 32.2. The van der Waals surface area contributed by atoms with Gasteiger partial charge in [0.25, 0.3) is 0 Å². The van der Waals surface area contributed by atoms with Gasteiger partial charge in [-0.1, -0.05) is 38.0 Å². The normalized spacial score (nSPS) is 32.4. The summed E-state index contributed by atoms with van der Waals surface area (Å²) >= 11 is 0. The fourth-order valence-electron chi connectivity index (χ4n) is 4.73. The molecule has 0 N–H and O–H groups in total. The van der Waals surface area contributed by atoms with Gasteiger partial charge in [-0.3, -0.25) is 4.90 Å².